The Morgan fingerprint density at radius 3 is 2.29 bits per heavy atom. The van der Waals surface area contributed by atoms with Gasteiger partial charge in [0, 0.05) is 6.07 Å². The van der Waals surface area contributed by atoms with Crippen molar-refractivity contribution in [1.29, 1.82) is 0 Å². The number of methoxy groups -OCH3 is 1. The summed E-state index contributed by atoms with van der Waals surface area (Å²) < 4.78 is 35.1. The summed E-state index contributed by atoms with van der Waals surface area (Å²) in [6.45, 7) is 0. The minimum absolute atomic E-state index is 0.0920. The van der Waals surface area contributed by atoms with E-state index >= 15 is 0 Å². The standard InChI is InChI=1S/C7H10N2O4S/c1-13-6-2-5(9)7(3-4(6)8)14(10,11)12/h2-3H,8-9H2,1H3,(H,10,11,12). The molecule has 5 N–H and O–H groups in total. The molecule has 0 heterocycles. The van der Waals surface area contributed by atoms with Gasteiger partial charge in [0.2, 0.25) is 0 Å². The molecular formula is C7H10N2O4S. The number of ether oxygens (including phenoxy) is 1. The molecule has 0 saturated heterocycles. The van der Waals surface area contributed by atoms with Gasteiger partial charge in [-0.1, -0.05) is 0 Å². The van der Waals surface area contributed by atoms with Crippen LogP contribution in [0.2, 0.25) is 0 Å². The molecule has 0 amide bonds. The molecule has 7 heteroatoms. The Balaban J connectivity index is 3.44. The van der Waals surface area contributed by atoms with Crippen molar-refractivity contribution in [3.8, 4) is 5.75 Å². The van der Waals surface area contributed by atoms with Gasteiger partial charge in [0.15, 0.2) is 0 Å². The van der Waals surface area contributed by atoms with E-state index in [-0.39, 0.29) is 17.1 Å². The molecule has 0 atom stereocenters. The van der Waals surface area contributed by atoms with Gasteiger partial charge in [-0.25, -0.2) is 0 Å². The van der Waals surface area contributed by atoms with E-state index in [1.807, 2.05) is 0 Å². The second-order valence-electron chi connectivity index (χ2n) is 2.61. The molecule has 0 aromatic heterocycles. The SMILES string of the molecule is COc1cc(N)c(S(=O)(=O)O)cc1N. The van der Waals surface area contributed by atoms with Gasteiger partial charge in [0.1, 0.15) is 10.6 Å². The van der Waals surface area contributed by atoms with E-state index in [0.717, 1.165) is 6.07 Å². The Hall–Kier alpha value is -1.47. The van der Waals surface area contributed by atoms with Crippen LogP contribution in [0.15, 0.2) is 17.0 Å². The third-order valence-corrected chi connectivity index (χ3v) is 2.55. The fourth-order valence-corrected chi connectivity index (χ4v) is 1.62. The minimum Gasteiger partial charge on any atom is -0.495 e. The lowest BCUT2D eigenvalue weighted by atomic mass is 10.2. The monoisotopic (exact) mass is 218 g/mol. The minimum atomic E-state index is -4.34. The van der Waals surface area contributed by atoms with Crippen LogP contribution in [0.25, 0.3) is 0 Å². The maximum Gasteiger partial charge on any atom is 0.296 e. The topological polar surface area (TPSA) is 116 Å². The number of benzene rings is 1. The highest BCUT2D eigenvalue weighted by molar-refractivity contribution is 7.86. The first kappa shape index (κ1) is 10.6. The van der Waals surface area contributed by atoms with Gasteiger partial charge in [-0.15, -0.1) is 0 Å². The first-order valence-electron chi connectivity index (χ1n) is 3.56. The van der Waals surface area contributed by atoms with Crippen LogP contribution < -0.4 is 16.2 Å². The number of rotatable bonds is 2. The summed E-state index contributed by atoms with van der Waals surface area (Å²) in [5, 5.41) is 0. The molecular weight excluding hydrogens is 208 g/mol. The molecule has 1 rings (SSSR count). The lowest BCUT2D eigenvalue weighted by Crippen LogP contribution is -2.05. The zero-order valence-electron chi connectivity index (χ0n) is 7.39. The maximum atomic E-state index is 10.8. The molecule has 0 saturated carbocycles. The average molecular weight is 218 g/mol. The van der Waals surface area contributed by atoms with Crippen molar-refractivity contribution >= 4 is 21.5 Å². The van der Waals surface area contributed by atoms with Crippen LogP contribution in [0.1, 0.15) is 0 Å². The molecule has 6 nitrogen and oxygen atoms in total. The fourth-order valence-electron chi connectivity index (χ4n) is 0.992. The summed E-state index contributed by atoms with van der Waals surface area (Å²) in [6, 6.07) is 2.28. The van der Waals surface area contributed by atoms with Gasteiger partial charge < -0.3 is 16.2 Å². The molecule has 1 aromatic carbocycles. The van der Waals surface area contributed by atoms with Crippen LogP contribution >= 0.6 is 0 Å². The van der Waals surface area contributed by atoms with E-state index in [2.05, 4.69) is 0 Å². The Morgan fingerprint density at radius 1 is 1.29 bits per heavy atom. The second-order valence-corrected chi connectivity index (χ2v) is 4.00. The first-order valence-corrected chi connectivity index (χ1v) is 5.00. The Labute approximate surface area is 81.2 Å². The smallest absolute Gasteiger partial charge is 0.296 e. The molecule has 0 aliphatic carbocycles. The molecule has 0 unspecified atom stereocenters. The molecule has 0 bridgehead atoms. The zero-order chi connectivity index (χ0) is 10.9. The first-order chi connectivity index (χ1) is 6.36. The van der Waals surface area contributed by atoms with E-state index in [1.54, 1.807) is 0 Å². The summed E-state index contributed by atoms with van der Waals surface area (Å²) in [7, 11) is -2.97. The summed E-state index contributed by atoms with van der Waals surface area (Å²) in [6.07, 6.45) is 0. The normalized spacial score (nSPS) is 11.3. The van der Waals surface area contributed by atoms with E-state index in [9.17, 15) is 8.42 Å². The van der Waals surface area contributed by atoms with Crippen molar-refractivity contribution in [2.45, 2.75) is 4.90 Å². The van der Waals surface area contributed by atoms with Crippen LogP contribution in [0, 0.1) is 0 Å². The molecule has 0 fully saturated rings. The van der Waals surface area contributed by atoms with Gasteiger partial charge in [-0.2, -0.15) is 8.42 Å². The largest absolute Gasteiger partial charge is 0.495 e. The van der Waals surface area contributed by atoms with Crippen LogP contribution in [0.4, 0.5) is 11.4 Å². The molecule has 1 aromatic rings. The second kappa shape index (κ2) is 3.35. The van der Waals surface area contributed by atoms with Crippen molar-refractivity contribution in [2.24, 2.45) is 0 Å². The average Bonchev–Trinajstić information content (AvgIpc) is 2.06. The van der Waals surface area contributed by atoms with Crippen molar-refractivity contribution in [1.82, 2.24) is 0 Å². The lowest BCUT2D eigenvalue weighted by molar-refractivity contribution is 0.417. The Morgan fingerprint density at radius 2 is 1.86 bits per heavy atom. The number of anilines is 2. The van der Waals surface area contributed by atoms with Gasteiger partial charge >= 0.3 is 0 Å². The molecule has 0 spiro atoms. The summed E-state index contributed by atoms with van der Waals surface area (Å²) in [5.74, 6) is 0.259. The molecule has 0 aliphatic heterocycles. The van der Waals surface area contributed by atoms with Crippen molar-refractivity contribution in [3.63, 3.8) is 0 Å². The third-order valence-electron chi connectivity index (χ3n) is 1.64. The van der Waals surface area contributed by atoms with E-state index < -0.39 is 15.0 Å². The molecule has 0 aliphatic rings. The molecule has 14 heavy (non-hydrogen) atoms. The molecule has 78 valence electrons. The highest BCUT2D eigenvalue weighted by Gasteiger charge is 2.16. The molecule has 0 radical (unpaired) electrons. The highest BCUT2D eigenvalue weighted by atomic mass is 32.2. The Bertz CT molecular complexity index is 455. The van der Waals surface area contributed by atoms with Crippen LogP contribution in [-0.2, 0) is 10.1 Å². The van der Waals surface area contributed by atoms with E-state index in [1.165, 1.54) is 13.2 Å². The Kier molecular flexibility index (Phi) is 2.54. The van der Waals surface area contributed by atoms with Crippen LogP contribution in [0.5, 0.6) is 5.75 Å². The highest BCUT2D eigenvalue weighted by Crippen LogP contribution is 2.29. The van der Waals surface area contributed by atoms with Crippen molar-refractivity contribution in [3.05, 3.63) is 12.1 Å². The van der Waals surface area contributed by atoms with Crippen LogP contribution in [0.3, 0.4) is 0 Å². The predicted octanol–water partition coefficient (Wildman–Crippen LogP) is 0.106. The van der Waals surface area contributed by atoms with Gasteiger partial charge in [0.25, 0.3) is 10.1 Å². The van der Waals surface area contributed by atoms with Gasteiger partial charge in [0.05, 0.1) is 18.5 Å². The van der Waals surface area contributed by atoms with Crippen LogP contribution in [-0.4, -0.2) is 20.1 Å². The van der Waals surface area contributed by atoms with E-state index in [0.29, 0.717) is 0 Å². The fraction of sp³-hybridized carbons (Fsp3) is 0.143. The van der Waals surface area contributed by atoms with Crippen molar-refractivity contribution in [2.75, 3.05) is 18.6 Å². The number of nitrogens with two attached hydrogens (primary N) is 2. The zero-order valence-corrected chi connectivity index (χ0v) is 8.21. The summed E-state index contributed by atoms with van der Waals surface area (Å²) in [5.41, 5.74) is 10.8. The number of hydrogen-bond acceptors (Lipinski definition) is 5. The van der Waals surface area contributed by atoms with Crippen molar-refractivity contribution < 1.29 is 17.7 Å². The van der Waals surface area contributed by atoms with Gasteiger partial charge in [-0.05, 0) is 6.07 Å². The summed E-state index contributed by atoms with van der Waals surface area (Å²) >= 11 is 0. The third kappa shape index (κ3) is 1.88. The maximum absolute atomic E-state index is 10.8. The lowest BCUT2D eigenvalue weighted by Gasteiger charge is -2.08. The quantitative estimate of drug-likeness (QED) is 0.479. The van der Waals surface area contributed by atoms with E-state index in [4.69, 9.17) is 20.8 Å². The predicted molar refractivity (Wildman–Crippen MR) is 51.6 cm³/mol. The summed E-state index contributed by atoms with van der Waals surface area (Å²) in [4.78, 5) is -0.421. The number of nitrogen functional groups attached to an aromatic ring is 2. The van der Waals surface area contributed by atoms with Gasteiger partial charge in [-0.3, -0.25) is 4.55 Å². The number of hydrogen-bond donors (Lipinski definition) is 3.